The summed E-state index contributed by atoms with van der Waals surface area (Å²) in [6, 6.07) is 17.7. The lowest BCUT2D eigenvalue weighted by molar-refractivity contribution is -0.134. The van der Waals surface area contributed by atoms with Crippen molar-refractivity contribution in [2.45, 2.75) is 0 Å². The zero-order valence-corrected chi connectivity index (χ0v) is 16.9. The van der Waals surface area contributed by atoms with Gasteiger partial charge in [-0.25, -0.2) is 14.8 Å². The molecule has 158 valence electrons. The Balaban J connectivity index is 1.31. The Bertz CT molecular complexity index is 1020. The number of hydrogen-bond acceptors (Lipinski definition) is 7. The smallest absolute Gasteiger partial charge is 0.342 e. The fourth-order valence-electron chi connectivity index (χ4n) is 3.25. The highest BCUT2D eigenvalue weighted by atomic mass is 16.5. The standard InChI is InChI=1S/C23H22N4O4/c28-21(26-13-15-27(16-14-26)23-24-11-6-12-25-23)17-30-22(29)19-9-4-5-10-20(19)31-18-7-2-1-3-8-18/h1-12H,13-17H2. The maximum Gasteiger partial charge on any atom is 0.342 e. The van der Waals surface area contributed by atoms with Crippen LogP contribution in [0.15, 0.2) is 73.1 Å². The van der Waals surface area contributed by atoms with Gasteiger partial charge in [0, 0.05) is 38.6 Å². The van der Waals surface area contributed by atoms with Crippen molar-refractivity contribution in [3.63, 3.8) is 0 Å². The first-order chi connectivity index (χ1) is 15.2. The monoisotopic (exact) mass is 418 g/mol. The molecule has 0 bridgehead atoms. The van der Waals surface area contributed by atoms with Crippen LogP contribution < -0.4 is 9.64 Å². The van der Waals surface area contributed by atoms with Crippen LogP contribution in [0, 0.1) is 0 Å². The average Bonchev–Trinajstić information content (AvgIpc) is 2.84. The minimum absolute atomic E-state index is 0.233. The van der Waals surface area contributed by atoms with Gasteiger partial charge < -0.3 is 19.3 Å². The van der Waals surface area contributed by atoms with Crippen molar-refractivity contribution >= 4 is 17.8 Å². The van der Waals surface area contributed by atoms with E-state index in [4.69, 9.17) is 9.47 Å². The van der Waals surface area contributed by atoms with Crippen LogP contribution in [0.5, 0.6) is 11.5 Å². The van der Waals surface area contributed by atoms with Crippen molar-refractivity contribution in [1.82, 2.24) is 14.9 Å². The summed E-state index contributed by atoms with van der Waals surface area (Å²) >= 11 is 0. The lowest BCUT2D eigenvalue weighted by Crippen LogP contribution is -2.50. The van der Waals surface area contributed by atoms with Crippen LogP contribution >= 0.6 is 0 Å². The molecular formula is C23H22N4O4. The highest BCUT2D eigenvalue weighted by molar-refractivity contribution is 5.94. The van der Waals surface area contributed by atoms with Crippen molar-refractivity contribution in [2.75, 3.05) is 37.7 Å². The molecule has 0 atom stereocenters. The molecule has 1 aliphatic rings. The number of para-hydroxylation sites is 2. The zero-order valence-electron chi connectivity index (χ0n) is 16.9. The minimum Gasteiger partial charge on any atom is -0.456 e. The summed E-state index contributed by atoms with van der Waals surface area (Å²) in [6.45, 7) is 1.96. The van der Waals surface area contributed by atoms with Crippen molar-refractivity contribution in [2.24, 2.45) is 0 Å². The molecule has 2 aromatic carbocycles. The van der Waals surface area contributed by atoms with Crippen LogP contribution in [0.25, 0.3) is 0 Å². The van der Waals surface area contributed by atoms with Crippen LogP contribution in [0.1, 0.15) is 10.4 Å². The molecule has 0 N–H and O–H groups in total. The largest absolute Gasteiger partial charge is 0.456 e. The number of piperazine rings is 1. The molecule has 31 heavy (non-hydrogen) atoms. The molecule has 1 fully saturated rings. The highest BCUT2D eigenvalue weighted by Gasteiger charge is 2.24. The molecule has 1 amide bonds. The molecule has 8 nitrogen and oxygen atoms in total. The van der Waals surface area contributed by atoms with E-state index >= 15 is 0 Å². The lowest BCUT2D eigenvalue weighted by Gasteiger charge is -2.34. The van der Waals surface area contributed by atoms with E-state index in [-0.39, 0.29) is 18.1 Å². The topological polar surface area (TPSA) is 84.9 Å². The Hall–Kier alpha value is -3.94. The van der Waals surface area contributed by atoms with Gasteiger partial charge in [0.05, 0.1) is 0 Å². The Kier molecular flexibility index (Phi) is 6.37. The number of amides is 1. The van der Waals surface area contributed by atoms with Crippen LogP contribution in [0.4, 0.5) is 5.95 Å². The minimum atomic E-state index is -0.601. The molecule has 1 aromatic heterocycles. The van der Waals surface area contributed by atoms with Gasteiger partial charge in [-0.15, -0.1) is 0 Å². The number of rotatable bonds is 6. The molecule has 0 unspecified atom stereocenters. The third kappa shape index (κ3) is 5.16. The molecule has 2 heterocycles. The maximum atomic E-state index is 12.6. The van der Waals surface area contributed by atoms with Crippen molar-refractivity contribution in [1.29, 1.82) is 0 Å². The second-order valence-electron chi connectivity index (χ2n) is 6.90. The quantitative estimate of drug-likeness (QED) is 0.569. The Morgan fingerprint density at radius 3 is 2.26 bits per heavy atom. The molecule has 3 aromatic rings. The summed E-state index contributed by atoms with van der Waals surface area (Å²) in [6.07, 6.45) is 3.39. The van der Waals surface area contributed by atoms with Gasteiger partial charge in [-0.1, -0.05) is 30.3 Å². The molecule has 0 saturated carbocycles. The van der Waals surface area contributed by atoms with Gasteiger partial charge in [0.1, 0.15) is 17.1 Å². The fourth-order valence-corrected chi connectivity index (χ4v) is 3.25. The molecule has 0 aliphatic carbocycles. The van der Waals surface area contributed by atoms with Crippen LogP contribution in [-0.2, 0) is 9.53 Å². The SMILES string of the molecule is O=C(OCC(=O)N1CCN(c2ncccn2)CC1)c1ccccc1Oc1ccccc1. The zero-order chi connectivity index (χ0) is 21.5. The summed E-state index contributed by atoms with van der Waals surface area (Å²) in [5.41, 5.74) is 0.269. The third-order valence-corrected chi connectivity index (χ3v) is 4.87. The number of carbonyl (C=O) groups excluding carboxylic acids is 2. The van der Waals surface area contributed by atoms with E-state index in [1.165, 1.54) is 0 Å². The highest BCUT2D eigenvalue weighted by Crippen LogP contribution is 2.25. The van der Waals surface area contributed by atoms with E-state index < -0.39 is 5.97 Å². The van der Waals surface area contributed by atoms with E-state index in [0.29, 0.717) is 43.6 Å². The number of ether oxygens (including phenoxy) is 2. The molecule has 0 radical (unpaired) electrons. The number of nitrogens with zero attached hydrogens (tertiary/aromatic N) is 4. The molecule has 1 saturated heterocycles. The predicted octanol–water partition coefficient (Wildman–Crippen LogP) is 2.77. The number of hydrogen-bond donors (Lipinski definition) is 0. The van der Waals surface area contributed by atoms with Gasteiger partial charge in [0.25, 0.3) is 5.91 Å². The number of esters is 1. The summed E-state index contributed by atoms with van der Waals surface area (Å²) in [7, 11) is 0. The summed E-state index contributed by atoms with van der Waals surface area (Å²) < 4.78 is 11.1. The van der Waals surface area contributed by atoms with E-state index in [0.717, 1.165) is 0 Å². The van der Waals surface area contributed by atoms with Gasteiger partial charge in [-0.2, -0.15) is 0 Å². The van der Waals surface area contributed by atoms with Crippen molar-refractivity contribution in [3.05, 3.63) is 78.6 Å². The molecule has 8 heteroatoms. The second kappa shape index (κ2) is 9.71. The summed E-state index contributed by atoms with van der Waals surface area (Å²) in [4.78, 5) is 37.3. The number of benzene rings is 2. The number of aromatic nitrogens is 2. The van der Waals surface area contributed by atoms with E-state index in [9.17, 15) is 9.59 Å². The lowest BCUT2D eigenvalue weighted by atomic mass is 10.2. The van der Waals surface area contributed by atoms with Crippen LogP contribution in [0.2, 0.25) is 0 Å². The predicted molar refractivity (Wildman–Crippen MR) is 114 cm³/mol. The van der Waals surface area contributed by atoms with Crippen LogP contribution in [0.3, 0.4) is 0 Å². The Labute approximate surface area is 180 Å². The van der Waals surface area contributed by atoms with E-state index in [2.05, 4.69) is 9.97 Å². The van der Waals surface area contributed by atoms with Gasteiger partial charge in [0.15, 0.2) is 6.61 Å². The normalized spacial score (nSPS) is 13.5. The molecular weight excluding hydrogens is 396 g/mol. The number of anilines is 1. The van der Waals surface area contributed by atoms with Gasteiger partial charge in [-0.05, 0) is 30.3 Å². The molecule has 1 aliphatic heterocycles. The van der Waals surface area contributed by atoms with Gasteiger partial charge in [0.2, 0.25) is 5.95 Å². The average molecular weight is 418 g/mol. The van der Waals surface area contributed by atoms with Crippen molar-refractivity contribution in [3.8, 4) is 11.5 Å². The Morgan fingerprint density at radius 2 is 1.52 bits per heavy atom. The summed E-state index contributed by atoms with van der Waals surface area (Å²) in [5.74, 6) is 0.803. The van der Waals surface area contributed by atoms with Gasteiger partial charge in [-0.3, -0.25) is 4.79 Å². The first-order valence-corrected chi connectivity index (χ1v) is 9.99. The van der Waals surface area contributed by atoms with E-state index in [1.54, 1.807) is 59.8 Å². The summed E-state index contributed by atoms with van der Waals surface area (Å²) in [5, 5.41) is 0. The second-order valence-corrected chi connectivity index (χ2v) is 6.90. The fraction of sp³-hybridized carbons (Fsp3) is 0.217. The third-order valence-electron chi connectivity index (χ3n) is 4.87. The number of carbonyl (C=O) groups is 2. The van der Waals surface area contributed by atoms with E-state index in [1.807, 2.05) is 23.1 Å². The molecule has 0 spiro atoms. The van der Waals surface area contributed by atoms with Gasteiger partial charge >= 0.3 is 5.97 Å². The van der Waals surface area contributed by atoms with Crippen molar-refractivity contribution < 1.29 is 19.1 Å². The first kappa shape index (κ1) is 20.3. The Morgan fingerprint density at radius 1 is 0.839 bits per heavy atom. The maximum absolute atomic E-state index is 12.6. The van der Waals surface area contributed by atoms with Crippen LogP contribution in [-0.4, -0.2) is 59.5 Å². The first-order valence-electron chi connectivity index (χ1n) is 9.99. The molecule has 4 rings (SSSR count).